The summed E-state index contributed by atoms with van der Waals surface area (Å²) in [6.45, 7) is 0. The second kappa shape index (κ2) is 5.73. The second-order valence-electron chi connectivity index (χ2n) is 4.37. The maximum atomic E-state index is 11.5. The lowest BCUT2D eigenvalue weighted by molar-refractivity contribution is -0.129. The molecule has 1 aliphatic carbocycles. The van der Waals surface area contributed by atoms with E-state index in [0.29, 0.717) is 5.92 Å². The Hall–Kier alpha value is -1.06. The summed E-state index contributed by atoms with van der Waals surface area (Å²) >= 11 is 0. The molecular weight excluding hydrogens is 192 g/mol. The fourth-order valence-electron chi connectivity index (χ4n) is 2.38. The number of carbonyl (C=O) groups is 2. The minimum absolute atomic E-state index is 0.0549. The van der Waals surface area contributed by atoms with Crippen molar-refractivity contribution in [1.82, 2.24) is 5.32 Å². The average Bonchev–Trinajstić information content (AvgIpc) is 2.67. The Labute approximate surface area is 90.6 Å². The van der Waals surface area contributed by atoms with Gasteiger partial charge in [0.25, 0.3) is 0 Å². The van der Waals surface area contributed by atoms with Gasteiger partial charge >= 0.3 is 0 Å². The zero-order valence-electron chi connectivity index (χ0n) is 9.29. The fraction of sp³-hybridized carbons (Fsp3) is 0.818. The van der Waals surface area contributed by atoms with Gasteiger partial charge in [0, 0.05) is 19.4 Å². The Bertz CT molecular complexity index is 235. The van der Waals surface area contributed by atoms with E-state index >= 15 is 0 Å². The third kappa shape index (κ3) is 3.90. The van der Waals surface area contributed by atoms with Crippen molar-refractivity contribution in [3.05, 3.63) is 0 Å². The van der Waals surface area contributed by atoms with Gasteiger partial charge < -0.3 is 11.1 Å². The molecule has 0 bridgehead atoms. The first-order valence-corrected chi connectivity index (χ1v) is 5.63. The second-order valence-corrected chi connectivity index (χ2v) is 4.37. The number of hydrogen-bond acceptors (Lipinski definition) is 2. The minimum atomic E-state index is -0.387. The van der Waals surface area contributed by atoms with E-state index in [1.54, 1.807) is 7.05 Å². The summed E-state index contributed by atoms with van der Waals surface area (Å²) in [5.74, 6) is -0.0652. The molecule has 0 heterocycles. The number of primary amides is 1. The molecule has 3 N–H and O–H groups in total. The molecule has 0 aromatic carbocycles. The first-order valence-electron chi connectivity index (χ1n) is 5.63. The van der Waals surface area contributed by atoms with Gasteiger partial charge in [-0.05, 0) is 12.3 Å². The lowest BCUT2D eigenvalue weighted by Crippen LogP contribution is -2.32. The first-order chi connectivity index (χ1) is 7.13. The summed E-state index contributed by atoms with van der Waals surface area (Å²) in [5, 5.41) is 2.60. The van der Waals surface area contributed by atoms with Crippen molar-refractivity contribution in [3.8, 4) is 0 Å². The van der Waals surface area contributed by atoms with E-state index in [0.717, 1.165) is 6.42 Å². The Morgan fingerprint density at radius 2 is 2.00 bits per heavy atom. The highest BCUT2D eigenvalue weighted by Gasteiger charge is 2.25. The van der Waals surface area contributed by atoms with E-state index in [2.05, 4.69) is 5.32 Å². The number of amides is 2. The van der Waals surface area contributed by atoms with Crippen molar-refractivity contribution in [1.29, 1.82) is 0 Å². The summed E-state index contributed by atoms with van der Waals surface area (Å²) in [6.07, 6.45) is 5.86. The fourth-order valence-corrected chi connectivity index (χ4v) is 2.38. The summed E-state index contributed by atoms with van der Waals surface area (Å²) in [6, 6.07) is 0. The number of rotatable bonds is 5. The van der Waals surface area contributed by atoms with Crippen molar-refractivity contribution in [3.63, 3.8) is 0 Å². The smallest absolute Gasteiger partial charge is 0.223 e. The zero-order chi connectivity index (χ0) is 11.3. The van der Waals surface area contributed by atoms with Crippen LogP contribution >= 0.6 is 0 Å². The summed E-state index contributed by atoms with van der Waals surface area (Å²) < 4.78 is 0. The molecule has 0 saturated heterocycles. The molecule has 4 nitrogen and oxygen atoms in total. The average molecular weight is 212 g/mol. The molecule has 1 rings (SSSR count). The van der Waals surface area contributed by atoms with Crippen molar-refractivity contribution in [2.45, 2.75) is 38.5 Å². The van der Waals surface area contributed by atoms with Gasteiger partial charge in [-0.15, -0.1) is 0 Å². The molecule has 0 aromatic rings. The SMILES string of the molecule is CNC(=O)C(CC(N)=O)CC1CCCC1. The van der Waals surface area contributed by atoms with Crippen molar-refractivity contribution in [2.24, 2.45) is 17.6 Å². The largest absolute Gasteiger partial charge is 0.370 e. The molecule has 1 saturated carbocycles. The molecule has 1 aliphatic rings. The molecule has 1 unspecified atom stereocenters. The monoisotopic (exact) mass is 212 g/mol. The van der Waals surface area contributed by atoms with Crippen LogP contribution in [0, 0.1) is 11.8 Å². The Morgan fingerprint density at radius 3 is 2.47 bits per heavy atom. The van der Waals surface area contributed by atoms with Crippen LogP contribution in [0.3, 0.4) is 0 Å². The molecule has 2 amide bonds. The van der Waals surface area contributed by atoms with Crippen LogP contribution in [-0.2, 0) is 9.59 Å². The van der Waals surface area contributed by atoms with Crippen LogP contribution in [0.15, 0.2) is 0 Å². The van der Waals surface area contributed by atoms with Gasteiger partial charge in [0.2, 0.25) is 11.8 Å². The summed E-state index contributed by atoms with van der Waals surface area (Å²) in [7, 11) is 1.60. The molecule has 86 valence electrons. The molecule has 0 aliphatic heterocycles. The van der Waals surface area contributed by atoms with E-state index in [-0.39, 0.29) is 24.2 Å². The van der Waals surface area contributed by atoms with Crippen molar-refractivity contribution >= 4 is 11.8 Å². The van der Waals surface area contributed by atoms with Gasteiger partial charge in [-0.25, -0.2) is 0 Å². The van der Waals surface area contributed by atoms with Gasteiger partial charge in [-0.3, -0.25) is 9.59 Å². The lowest BCUT2D eigenvalue weighted by atomic mass is 9.90. The van der Waals surface area contributed by atoms with Gasteiger partial charge in [0.05, 0.1) is 0 Å². The van der Waals surface area contributed by atoms with E-state index in [1.807, 2.05) is 0 Å². The van der Waals surface area contributed by atoms with E-state index in [9.17, 15) is 9.59 Å². The maximum Gasteiger partial charge on any atom is 0.223 e. The number of nitrogens with one attached hydrogen (secondary N) is 1. The normalized spacial score (nSPS) is 18.7. The van der Waals surface area contributed by atoms with Crippen LogP contribution in [0.1, 0.15) is 38.5 Å². The molecule has 0 spiro atoms. The van der Waals surface area contributed by atoms with E-state index in [4.69, 9.17) is 5.73 Å². The predicted molar refractivity (Wildman–Crippen MR) is 57.9 cm³/mol. The van der Waals surface area contributed by atoms with Crippen LogP contribution in [0.25, 0.3) is 0 Å². The quantitative estimate of drug-likeness (QED) is 0.707. The Balaban J connectivity index is 2.47. The van der Waals surface area contributed by atoms with Gasteiger partial charge in [0.1, 0.15) is 0 Å². The molecule has 0 aromatic heterocycles. The van der Waals surface area contributed by atoms with E-state index < -0.39 is 0 Å². The predicted octanol–water partition coefficient (Wildman–Crippen LogP) is 0.804. The minimum Gasteiger partial charge on any atom is -0.370 e. The van der Waals surface area contributed by atoms with Crippen LogP contribution in [0.4, 0.5) is 0 Å². The Morgan fingerprint density at radius 1 is 1.40 bits per heavy atom. The number of carbonyl (C=O) groups excluding carboxylic acids is 2. The zero-order valence-corrected chi connectivity index (χ0v) is 9.29. The highest BCUT2D eigenvalue weighted by atomic mass is 16.2. The van der Waals surface area contributed by atoms with E-state index in [1.165, 1.54) is 25.7 Å². The van der Waals surface area contributed by atoms with Gasteiger partial charge in [0.15, 0.2) is 0 Å². The Kier molecular flexibility index (Phi) is 4.59. The van der Waals surface area contributed by atoms with Crippen molar-refractivity contribution in [2.75, 3.05) is 7.05 Å². The standard InChI is InChI=1S/C11H20N2O2/c1-13-11(15)9(7-10(12)14)6-8-4-2-3-5-8/h8-9H,2-7H2,1H3,(H2,12,14)(H,13,15). The van der Waals surface area contributed by atoms with Crippen LogP contribution in [-0.4, -0.2) is 18.9 Å². The maximum absolute atomic E-state index is 11.5. The highest BCUT2D eigenvalue weighted by molar-refractivity contribution is 5.84. The van der Waals surface area contributed by atoms with Crippen LogP contribution < -0.4 is 11.1 Å². The van der Waals surface area contributed by atoms with Crippen molar-refractivity contribution < 1.29 is 9.59 Å². The topological polar surface area (TPSA) is 72.2 Å². The molecular formula is C11H20N2O2. The highest BCUT2D eigenvalue weighted by Crippen LogP contribution is 2.31. The first kappa shape index (κ1) is 12.0. The van der Waals surface area contributed by atoms with Crippen LogP contribution in [0.2, 0.25) is 0 Å². The van der Waals surface area contributed by atoms with Gasteiger partial charge in [-0.1, -0.05) is 25.7 Å². The third-order valence-electron chi connectivity index (χ3n) is 3.16. The third-order valence-corrected chi connectivity index (χ3v) is 3.16. The molecule has 4 heteroatoms. The van der Waals surface area contributed by atoms with Crippen LogP contribution in [0.5, 0.6) is 0 Å². The summed E-state index contributed by atoms with van der Waals surface area (Å²) in [4.78, 5) is 22.4. The molecule has 1 fully saturated rings. The number of nitrogens with two attached hydrogens (primary N) is 1. The number of hydrogen-bond donors (Lipinski definition) is 2. The molecule has 1 atom stereocenters. The molecule has 0 radical (unpaired) electrons. The lowest BCUT2D eigenvalue weighted by Gasteiger charge is -2.17. The van der Waals surface area contributed by atoms with Gasteiger partial charge in [-0.2, -0.15) is 0 Å². The summed E-state index contributed by atoms with van der Waals surface area (Å²) in [5.41, 5.74) is 5.14. The molecule has 15 heavy (non-hydrogen) atoms.